The number of amides is 1. The normalized spacial score (nSPS) is 15.1. The third kappa shape index (κ3) is 5.57. The lowest BCUT2D eigenvalue weighted by Crippen LogP contribution is -2.34. The topological polar surface area (TPSA) is 89.0 Å². The predicted octanol–water partition coefficient (Wildman–Crippen LogP) is 4.05. The summed E-state index contributed by atoms with van der Waals surface area (Å²) in [5, 5.41) is 7.79. The number of halogens is 4. The molecule has 2 N–H and O–H groups in total. The van der Waals surface area contributed by atoms with Crippen molar-refractivity contribution in [3.05, 3.63) is 34.5 Å². The summed E-state index contributed by atoms with van der Waals surface area (Å²) in [6, 6.07) is 4.49. The molecule has 0 unspecified atom stereocenters. The number of carbonyl (C=O) groups is 1. The zero-order valence-corrected chi connectivity index (χ0v) is 17.0. The molecule has 0 radical (unpaired) electrons. The summed E-state index contributed by atoms with van der Waals surface area (Å²) in [7, 11) is 1.52. The van der Waals surface area contributed by atoms with E-state index in [-0.39, 0.29) is 33.9 Å². The van der Waals surface area contributed by atoms with Crippen LogP contribution in [0.1, 0.15) is 53.9 Å². The van der Waals surface area contributed by atoms with Gasteiger partial charge in [-0.15, -0.1) is 10.2 Å². The zero-order chi connectivity index (χ0) is 21.7. The maximum atomic E-state index is 12.8. The Hall–Kier alpha value is -2.46. The minimum Gasteiger partial charge on any atom is -0.468 e. The SMILES string of the molecule is CNNC(=O)c1cc(C2CCCCC2)c(OCC(F)(F)F)nc1-c1ccc(Cl)nn1. The largest absolute Gasteiger partial charge is 0.468 e. The summed E-state index contributed by atoms with van der Waals surface area (Å²) >= 11 is 5.78. The van der Waals surface area contributed by atoms with Crippen molar-refractivity contribution in [3.8, 4) is 17.3 Å². The zero-order valence-electron chi connectivity index (χ0n) is 16.2. The Morgan fingerprint density at radius 2 is 1.97 bits per heavy atom. The van der Waals surface area contributed by atoms with Crippen LogP contribution in [0.15, 0.2) is 18.2 Å². The lowest BCUT2D eigenvalue weighted by Gasteiger charge is -2.25. The van der Waals surface area contributed by atoms with E-state index in [4.69, 9.17) is 16.3 Å². The third-order valence-electron chi connectivity index (χ3n) is 4.79. The van der Waals surface area contributed by atoms with Crippen LogP contribution in [-0.4, -0.2) is 40.9 Å². The Morgan fingerprint density at radius 1 is 1.23 bits per heavy atom. The molecular formula is C19H21ClF3N5O2. The standard InChI is InChI=1S/C19H21ClF3N5O2/c1-24-28-17(29)13-9-12(11-5-3-2-4-6-11)18(30-10-19(21,22)23)25-16(13)14-7-8-15(20)27-26-14/h7-9,11,24H,2-6,10H2,1H3,(H,28,29). The molecule has 0 saturated heterocycles. The maximum Gasteiger partial charge on any atom is 0.422 e. The van der Waals surface area contributed by atoms with Crippen LogP contribution in [0, 0.1) is 0 Å². The fourth-order valence-electron chi connectivity index (χ4n) is 3.48. The van der Waals surface area contributed by atoms with Gasteiger partial charge in [-0.25, -0.2) is 10.4 Å². The molecule has 2 heterocycles. The number of nitrogens with zero attached hydrogens (tertiary/aromatic N) is 3. The van der Waals surface area contributed by atoms with Crippen molar-refractivity contribution >= 4 is 17.5 Å². The van der Waals surface area contributed by atoms with Gasteiger partial charge in [-0.3, -0.25) is 10.2 Å². The van der Waals surface area contributed by atoms with Gasteiger partial charge in [0.15, 0.2) is 11.8 Å². The van der Waals surface area contributed by atoms with Gasteiger partial charge in [0, 0.05) is 12.6 Å². The molecule has 1 aliphatic carbocycles. The molecule has 0 atom stereocenters. The smallest absolute Gasteiger partial charge is 0.422 e. The first kappa shape index (κ1) is 22.2. The molecule has 30 heavy (non-hydrogen) atoms. The predicted molar refractivity (Wildman–Crippen MR) is 104 cm³/mol. The molecule has 3 rings (SSSR count). The van der Waals surface area contributed by atoms with Crippen LogP contribution in [0.2, 0.25) is 5.15 Å². The van der Waals surface area contributed by atoms with E-state index in [9.17, 15) is 18.0 Å². The molecular weight excluding hydrogens is 423 g/mol. The molecule has 0 aliphatic heterocycles. The number of aromatic nitrogens is 3. The molecule has 1 fully saturated rings. The van der Waals surface area contributed by atoms with E-state index in [1.54, 1.807) is 6.07 Å². The fourth-order valence-corrected chi connectivity index (χ4v) is 3.58. The van der Waals surface area contributed by atoms with E-state index in [1.807, 2.05) is 0 Å². The molecule has 2 aromatic heterocycles. The van der Waals surface area contributed by atoms with E-state index in [0.717, 1.165) is 32.1 Å². The van der Waals surface area contributed by atoms with Crippen LogP contribution in [0.4, 0.5) is 13.2 Å². The van der Waals surface area contributed by atoms with Gasteiger partial charge in [0.25, 0.3) is 5.91 Å². The van der Waals surface area contributed by atoms with Crippen LogP contribution in [0.5, 0.6) is 5.88 Å². The van der Waals surface area contributed by atoms with Gasteiger partial charge >= 0.3 is 6.18 Å². The van der Waals surface area contributed by atoms with Gasteiger partial charge in [0.1, 0.15) is 11.4 Å². The first-order chi connectivity index (χ1) is 14.3. The van der Waals surface area contributed by atoms with Crippen molar-refractivity contribution in [3.63, 3.8) is 0 Å². The minimum atomic E-state index is -4.52. The number of ether oxygens (including phenoxy) is 1. The van der Waals surface area contributed by atoms with E-state index in [2.05, 4.69) is 26.0 Å². The van der Waals surface area contributed by atoms with Gasteiger partial charge < -0.3 is 4.74 Å². The number of hydrogen-bond acceptors (Lipinski definition) is 6. The summed E-state index contributed by atoms with van der Waals surface area (Å²) in [4.78, 5) is 17.0. The Labute approximate surface area is 176 Å². The average Bonchev–Trinajstić information content (AvgIpc) is 2.72. The number of rotatable bonds is 6. The molecule has 1 saturated carbocycles. The van der Waals surface area contributed by atoms with Crippen molar-refractivity contribution in [1.82, 2.24) is 26.0 Å². The highest BCUT2D eigenvalue weighted by Crippen LogP contribution is 2.39. The second kappa shape index (κ2) is 9.57. The summed E-state index contributed by atoms with van der Waals surface area (Å²) < 4.78 is 43.6. The van der Waals surface area contributed by atoms with Crippen LogP contribution in [-0.2, 0) is 0 Å². The van der Waals surface area contributed by atoms with E-state index >= 15 is 0 Å². The van der Waals surface area contributed by atoms with Crippen LogP contribution < -0.4 is 15.6 Å². The first-order valence-electron chi connectivity index (χ1n) is 9.49. The molecule has 2 aromatic rings. The van der Waals surface area contributed by atoms with Gasteiger partial charge in [0.2, 0.25) is 5.88 Å². The lowest BCUT2D eigenvalue weighted by atomic mass is 9.83. The molecule has 0 spiro atoms. The number of hydrogen-bond donors (Lipinski definition) is 2. The summed E-state index contributed by atoms with van der Waals surface area (Å²) in [5.41, 5.74) is 5.90. The molecule has 0 aromatic carbocycles. The summed E-state index contributed by atoms with van der Waals surface area (Å²) in [6.45, 7) is -1.48. The molecule has 1 aliphatic rings. The quantitative estimate of drug-likeness (QED) is 0.655. The summed E-state index contributed by atoms with van der Waals surface area (Å²) in [6.07, 6.45) is 0.0221. The maximum absolute atomic E-state index is 12.8. The number of nitrogens with one attached hydrogen (secondary N) is 2. The highest BCUT2D eigenvalue weighted by atomic mass is 35.5. The van der Waals surface area contributed by atoms with E-state index < -0.39 is 18.7 Å². The highest BCUT2D eigenvalue weighted by Gasteiger charge is 2.31. The number of alkyl halides is 3. The molecule has 0 bridgehead atoms. The Balaban J connectivity index is 2.13. The number of pyridine rings is 1. The molecule has 11 heteroatoms. The molecule has 162 valence electrons. The van der Waals surface area contributed by atoms with Gasteiger partial charge in [0.05, 0.1) is 5.56 Å². The Morgan fingerprint density at radius 3 is 2.57 bits per heavy atom. The van der Waals surface area contributed by atoms with Gasteiger partial charge in [-0.1, -0.05) is 30.9 Å². The Bertz CT molecular complexity index is 887. The second-order valence-electron chi connectivity index (χ2n) is 6.96. The van der Waals surface area contributed by atoms with Crippen LogP contribution in [0.3, 0.4) is 0 Å². The second-order valence-corrected chi connectivity index (χ2v) is 7.35. The fraction of sp³-hybridized carbons (Fsp3) is 0.474. The van der Waals surface area contributed by atoms with Crippen molar-refractivity contribution in [1.29, 1.82) is 0 Å². The van der Waals surface area contributed by atoms with Crippen molar-refractivity contribution < 1.29 is 22.7 Å². The van der Waals surface area contributed by atoms with Gasteiger partial charge in [-0.05, 0) is 37.0 Å². The monoisotopic (exact) mass is 443 g/mol. The Kier molecular flexibility index (Phi) is 7.09. The summed E-state index contributed by atoms with van der Waals surface area (Å²) in [5.74, 6) is -0.691. The van der Waals surface area contributed by atoms with Crippen LogP contribution >= 0.6 is 11.6 Å². The lowest BCUT2D eigenvalue weighted by molar-refractivity contribution is -0.154. The number of hydrazine groups is 1. The average molecular weight is 444 g/mol. The van der Waals surface area contributed by atoms with Crippen LogP contribution in [0.25, 0.3) is 11.4 Å². The number of carbonyl (C=O) groups excluding carboxylic acids is 1. The van der Waals surface area contributed by atoms with Crippen molar-refractivity contribution in [2.75, 3.05) is 13.7 Å². The highest BCUT2D eigenvalue weighted by molar-refractivity contribution is 6.29. The minimum absolute atomic E-state index is 0.0408. The molecule has 1 amide bonds. The molecule has 7 nitrogen and oxygen atoms in total. The van der Waals surface area contributed by atoms with Gasteiger partial charge in [-0.2, -0.15) is 13.2 Å². The first-order valence-corrected chi connectivity index (χ1v) is 9.87. The third-order valence-corrected chi connectivity index (χ3v) is 4.99. The van der Waals surface area contributed by atoms with E-state index in [0.29, 0.717) is 5.56 Å². The van der Waals surface area contributed by atoms with Crippen molar-refractivity contribution in [2.24, 2.45) is 0 Å². The van der Waals surface area contributed by atoms with Crippen molar-refractivity contribution in [2.45, 2.75) is 44.2 Å². The van der Waals surface area contributed by atoms with E-state index in [1.165, 1.54) is 19.2 Å².